The molecule has 2 aliphatic rings. The molecule has 0 aromatic carbocycles. The molecule has 2 fully saturated rings. The van der Waals surface area contributed by atoms with Gasteiger partial charge in [0.2, 0.25) is 0 Å². The van der Waals surface area contributed by atoms with E-state index in [9.17, 15) is 0 Å². The van der Waals surface area contributed by atoms with Gasteiger partial charge in [-0.15, -0.1) is 0 Å². The molecule has 0 amide bonds. The second-order valence-corrected chi connectivity index (χ2v) is 7.68. The van der Waals surface area contributed by atoms with Crippen molar-refractivity contribution >= 4 is 0 Å². The van der Waals surface area contributed by atoms with Crippen molar-refractivity contribution in [2.45, 2.75) is 73.1 Å². The molecule has 0 aromatic rings. The molecule has 0 aliphatic heterocycles. The highest BCUT2D eigenvalue weighted by molar-refractivity contribution is 5.06. The predicted octanol–water partition coefficient (Wildman–Crippen LogP) is 5.83. The van der Waals surface area contributed by atoms with Crippen LogP contribution in [0.25, 0.3) is 0 Å². The van der Waals surface area contributed by atoms with Crippen LogP contribution < -0.4 is 0 Å². The normalized spacial score (nSPS) is 43.9. The lowest BCUT2D eigenvalue weighted by molar-refractivity contribution is -0.0890. The maximum absolute atomic E-state index is 2.61. The van der Waals surface area contributed by atoms with Gasteiger partial charge in [0.1, 0.15) is 0 Å². The third kappa shape index (κ3) is 2.17. The topological polar surface area (TPSA) is 0 Å². The molecule has 0 radical (unpaired) electrons. The summed E-state index contributed by atoms with van der Waals surface area (Å²) in [7, 11) is 0. The first kappa shape index (κ1) is 14.2. The minimum absolute atomic E-state index is 0.571. The quantitative estimate of drug-likeness (QED) is 0.539. The Balaban J connectivity index is 2.31. The maximum Gasteiger partial charge on any atom is -0.0200 e. The first-order valence-electron chi connectivity index (χ1n) is 8.08. The second kappa shape index (κ2) is 5.02. The molecule has 4 atom stereocenters. The SMILES string of the molecule is C/C=C/C1CC[C@H]2C(C)(C)CCCC2(C)[C@H]1CC. The van der Waals surface area contributed by atoms with Gasteiger partial charge in [0.25, 0.3) is 0 Å². The Labute approximate surface area is 114 Å². The molecule has 0 nitrogen and oxygen atoms in total. The van der Waals surface area contributed by atoms with Gasteiger partial charge in [-0.1, -0.05) is 52.7 Å². The van der Waals surface area contributed by atoms with Crippen LogP contribution in [0.3, 0.4) is 0 Å². The van der Waals surface area contributed by atoms with Gasteiger partial charge in [0, 0.05) is 0 Å². The van der Waals surface area contributed by atoms with Crippen molar-refractivity contribution < 1.29 is 0 Å². The predicted molar refractivity (Wildman–Crippen MR) is 80.5 cm³/mol. The molecule has 2 saturated carbocycles. The van der Waals surface area contributed by atoms with Crippen molar-refractivity contribution in [1.29, 1.82) is 0 Å². The van der Waals surface area contributed by atoms with E-state index in [4.69, 9.17) is 0 Å². The van der Waals surface area contributed by atoms with Gasteiger partial charge in [-0.25, -0.2) is 0 Å². The lowest BCUT2D eigenvalue weighted by Gasteiger charge is -2.59. The smallest absolute Gasteiger partial charge is 0.0200 e. The Morgan fingerprint density at radius 2 is 1.83 bits per heavy atom. The molecule has 0 heteroatoms. The summed E-state index contributed by atoms with van der Waals surface area (Å²) < 4.78 is 0. The van der Waals surface area contributed by atoms with E-state index in [1.165, 1.54) is 38.5 Å². The van der Waals surface area contributed by atoms with Crippen LogP contribution in [-0.4, -0.2) is 0 Å². The van der Waals surface area contributed by atoms with E-state index in [-0.39, 0.29) is 0 Å². The lowest BCUT2D eigenvalue weighted by Crippen LogP contribution is -2.51. The van der Waals surface area contributed by atoms with Gasteiger partial charge < -0.3 is 0 Å². The van der Waals surface area contributed by atoms with Crippen LogP contribution in [0, 0.1) is 28.6 Å². The molecule has 0 bridgehead atoms. The van der Waals surface area contributed by atoms with Crippen molar-refractivity contribution in [3.8, 4) is 0 Å². The van der Waals surface area contributed by atoms with Crippen molar-refractivity contribution in [2.24, 2.45) is 28.6 Å². The van der Waals surface area contributed by atoms with Crippen LogP contribution in [0.1, 0.15) is 73.1 Å². The van der Waals surface area contributed by atoms with Crippen molar-refractivity contribution in [2.75, 3.05) is 0 Å². The number of allylic oxidation sites excluding steroid dienone is 2. The summed E-state index contributed by atoms with van der Waals surface area (Å²) in [5.74, 6) is 2.70. The molecule has 0 saturated heterocycles. The fraction of sp³-hybridized carbons (Fsp3) is 0.889. The highest BCUT2D eigenvalue weighted by atomic mass is 14.6. The number of rotatable bonds is 2. The van der Waals surface area contributed by atoms with E-state index in [0.717, 1.165) is 17.8 Å². The van der Waals surface area contributed by atoms with Crippen LogP contribution in [0.5, 0.6) is 0 Å². The standard InChI is InChI=1S/C18H32/c1-6-9-14-10-11-16-17(3,4)12-8-13-18(16,5)15(14)7-2/h6,9,14-16H,7-8,10-13H2,1-5H3/b9-6+/t14?,15-,16-,18?/m0/s1. The fourth-order valence-corrected chi connectivity index (χ4v) is 5.63. The Kier molecular flexibility index (Phi) is 3.95. The summed E-state index contributed by atoms with van der Waals surface area (Å²) in [6.45, 7) is 12.3. The third-order valence-corrected chi connectivity index (χ3v) is 6.31. The van der Waals surface area contributed by atoms with Crippen molar-refractivity contribution in [3.63, 3.8) is 0 Å². The van der Waals surface area contributed by atoms with E-state index in [2.05, 4.69) is 46.8 Å². The van der Waals surface area contributed by atoms with Crippen LogP contribution in [0.2, 0.25) is 0 Å². The minimum atomic E-state index is 0.571. The third-order valence-electron chi connectivity index (χ3n) is 6.31. The fourth-order valence-electron chi connectivity index (χ4n) is 5.63. The Morgan fingerprint density at radius 1 is 1.11 bits per heavy atom. The lowest BCUT2D eigenvalue weighted by atomic mass is 9.46. The van der Waals surface area contributed by atoms with Crippen LogP contribution in [-0.2, 0) is 0 Å². The van der Waals surface area contributed by atoms with E-state index >= 15 is 0 Å². The summed E-state index contributed by atoms with van der Waals surface area (Å²) >= 11 is 0. The minimum Gasteiger partial charge on any atom is -0.0914 e. The summed E-state index contributed by atoms with van der Waals surface area (Å²) in [5.41, 5.74) is 1.17. The molecule has 2 rings (SSSR count). The van der Waals surface area contributed by atoms with Crippen LogP contribution in [0.4, 0.5) is 0 Å². The largest absolute Gasteiger partial charge is 0.0914 e. The molecule has 0 spiro atoms. The van der Waals surface area contributed by atoms with Gasteiger partial charge in [-0.05, 0) is 61.2 Å². The highest BCUT2D eigenvalue weighted by Crippen LogP contribution is 2.61. The highest BCUT2D eigenvalue weighted by Gasteiger charge is 2.53. The van der Waals surface area contributed by atoms with Crippen LogP contribution in [0.15, 0.2) is 12.2 Å². The molecule has 0 heterocycles. The summed E-state index contributed by atoms with van der Waals surface area (Å²) in [4.78, 5) is 0. The van der Waals surface area contributed by atoms with Crippen molar-refractivity contribution in [1.82, 2.24) is 0 Å². The van der Waals surface area contributed by atoms with Gasteiger partial charge in [0.15, 0.2) is 0 Å². The average Bonchev–Trinajstić information content (AvgIpc) is 2.28. The Hall–Kier alpha value is -0.260. The van der Waals surface area contributed by atoms with E-state index in [1.54, 1.807) is 0 Å². The molecule has 104 valence electrons. The van der Waals surface area contributed by atoms with Gasteiger partial charge in [-0.2, -0.15) is 0 Å². The van der Waals surface area contributed by atoms with E-state index in [0.29, 0.717) is 10.8 Å². The second-order valence-electron chi connectivity index (χ2n) is 7.68. The summed E-state index contributed by atoms with van der Waals surface area (Å²) in [6, 6.07) is 0. The Morgan fingerprint density at radius 3 is 2.44 bits per heavy atom. The molecular formula is C18H32. The van der Waals surface area contributed by atoms with Gasteiger partial charge in [-0.3, -0.25) is 0 Å². The summed E-state index contributed by atoms with van der Waals surface area (Å²) in [6.07, 6.45) is 13.4. The first-order valence-corrected chi connectivity index (χ1v) is 8.08. The average molecular weight is 248 g/mol. The molecular weight excluding hydrogens is 216 g/mol. The van der Waals surface area contributed by atoms with E-state index in [1.807, 2.05) is 0 Å². The molecule has 18 heavy (non-hydrogen) atoms. The molecule has 2 unspecified atom stereocenters. The van der Waals surface area contributed by atoms with Crippen LogP contribution >= 0.6 is 0 Å². The Bertz CT molecular complexity index is 312. The zero-order chi connectivity index (χ0) is 13.4. The zero-order valence-electron chi connectivity index (χ0n) is 13.1. The van der Waals surface area contributed by atoms with Gasteiger partial charge >= 0.3 is 0 Å². The van der Waals surface area contributed by atoms with E-state index < -0.39 is 0 Å². The summed E-state index contributed by atoms with van der Waals surface area (Å²) in [5, 5.41) is 0. The molecule has 0 N–H and O–H groups in total. The molecule has 2 aliphatic carbocycles. The van der Waals surface area contributed by atoms with Gasteiger partial charge in [0.05, 0.1) is 0 Å². The van der Waals surface area contributed by atoms with Crippen molar-refractivity contribution in [3.05, 3.63) is 12.2 Å². The monoisotopic (exact) mass is 248 g/mol. The maximum atomic E-state index is 2.61. The number of fused-ring (bicyclic) bond motifs is 1. The molecule has 0 aromatic heterocycles. The number of hydrogen-bond donors (Lipinski definition) is 0. The number of hydrogen-bond acceptors (Lipinski definition) is 0. The first-order chi connectivity index (χ1) is 8.45. The zero-order valence-corrected chi connectivity index (χ0v) is 13.1.